The summed E-state index contributed by atoms with van der Waals surface area (Å²) < 4.78 is 16.5. The van der Waals surface area contributed by atoms with E-state index in [9.17, 15) is 14.4 Å². The summed E-state index contributed by atoms with van der Waals surface area (Å²) in [4.78, 5) is 37.3. The fourth-order valence-corrected chi connectivity index (χ4v) is 7.71. The Hall–Kier alpha value is -2.11. The van der Waals surface area contributed by atoms with Crippen molar-refractivity contribution < 1.29 is 28.6 Å². The molecule has 0 fully saturated rings. The van der Waals surface area contributed by atoms with Crippen LogP contribution in [-0.4, -0.2) is 37.2 Å². The smallest absolute Gasteiger partial charge is 0.306 e. The predicted octanol–water partition coefficient (Wildman–Crippen LogP) is 17.2. The number of ether oxygens (including phenoxy) is 3. The number of hydrogen-bond donors (Lipinski definition) is 0. The van der Waals surface area contributed by atoms with Crippen LogP contribution in [0.3, 0.4) is 0 Å². The highest BCUT2D eigenvalue weighted by Gasteiger charge is 2.19. The molecule has 1 atom stereocenters. The van der Waals surface area contributed by atoms with E-state index >= 15 is 0 Å². The summed E-state index contributed by atoms with van der Waals surface area (Å²) in [6.45, 7) is 6.50. The normalized spacial score (nSPS) is 12.1. The van der Waals surface area contributed by atoms with Gasteiger partial charge in [0.15, 0.2) is 6.10 Å². The summed E-state index contributed by atoms with van der Waals surface area (Å²) in [7, 11) is 0. The summed E-state index contributed by atoms with van der Waals surface area (Å²) in [5.74, 6) is -0.883. The molecule has 0 aliphatic carbocycles. The number of hydrogen-bond acceptors (Lipinski definition) is 6. The Morgan fingerprint density at radius 2 is 0.600 bits per heavy atom. The Bertz CT molecular complexity index is 973. The maximum Gasteiger partial charge on any atom is 0.306 e. The van der Waals surface area contributed by atoms with Crippen LogP contribution in [0, 0.1) is 0 Å². The van der Waals surface area contributed by atoms with Crippen molar-refractivity contribution in [2.24, 2.45) is 0 Å². The average molecular weight is 845 g/mol. The molecule has 0 saturated carbocycles. The first kappa shape index (κ1) is 57.9. The molecule has 0 spiro atoms. The summed E-state index contributed by atoms with van der Waals surface area (Å²) in [5, 5.41) is 0. The van der Waals surface area contributed by atoms with Gasteiger partial charge in [-0.3, -0.25) is 14.4 Å². The van der Waals surface area contributed by atoms with Crippen molar-refractivity contribution in [3.63, 3.8) is 0 Å². The van der Waals surface area contributed by atoms with E-state index in [-0.39, 0.29) is 31.1 Å². The molecule has 0 radical (unpaired) electrons. The van der Waals surface area contributed by atoms with Crippen molar-refractivity contribution in [2.75, 3.05) is 13.2 Å². The first-order chi connectivity index (χ1) is 29.5. The van der Waals surface area contributed by atoms with Gasteiger partial charge in [0.05, 0.1) is 0 Å². The van der Waals surface area contributed by atoms with Crippen LogP contribution >= 0.6 is 0 Å². The number of allylic oxidation sites excluding steroid dienone is 4. The van der Waals surface area contributed by atoms with E-state index < -0.39 is 6.10 Å². The van der Waals surface area contributed by atoms with Crippen LogP contribution in [0.4, 0.5) is 0 Å². The van der Waals surface area contributed by atoms with Crippen molar-refractivity contribution in [2.45, 2.75) is 290 Å². The summed E-state index contributed by atoms with van der Waals surface area (Å²) in [5.41, 5.74) is 0. The van der Waals surface area contributed by atoms with Gasteiger partial charge in [-0.25, -0.2) is 0 Å². The summed E-state index contributed by atoms with van der Waals surface area (Å²) >= 11 is 0. The van der Waals surface area contributed by atoms with Gasteiger partial charge in [-0.2, -0.15) is 0 Å². The molecule has 0 aromatic carbocycles. The van der Waals surface area contributed by atoms with Gasteiger partial charge in [0, 0.05) is 19.3 Å². The molecule has 0 aliphatic heterocycles. The first-order valence-corrected chi connectivity index (χ1v) is 26.3. The number of rotatable bonds is 48. The zero-order valence-electron chi connectivity index (χ0n) is 40.2. The maximum absolute atomic E-state index is 12.5. The van der Waals surface area contributed by atoms with E-state index in [1.165, 1.54) is 173 Å². The Labute approximate surface area is 373 Å². The van der Waals surface area contributed by atoms with Crippen LogP contribution in [0.25, 0.3) is 0 Å². The van der Waals surface area contributed by atoms with E-state index in [1.807, 2.05) is 0 Å². The number of esters is 3. The molecular weight excluding hydrogens is 745 g/mol. The number of carbonyl (C=O) groups is 3. The highest BCUT2D eigenvalue weighted by molar-refractivity contribution is 5.71. The standard InChI is InChI=1S/C54H100O6/c1-4-7-10-13-15-16-17-18-19-20-21-22-23-24-25-26-27-28-29-30-31-32-33-34-35-36-37-38-39-42-44-47-53(56)59-50-51(49-58-52(55)46-43-40-12-9-6-3)60-54(57)48-45-41-14-11-8-5-2/h17-18,20-21,51H,4-16,19,22-50H2,1-3H3/b18-17-,21-20-. The van der Waals surface area contributed by atoms with Gasteiger partial charge in [-0.15, -0.1) is 0 Å². The Kier molecular flexibility index (Phi) is 47.8. The third kappa shape index (κ3) is 46.9. The molecule has 0 aromatic rings. The van der Waals surface area contributed by atoms with E-state index in [1.54, 1.807) is 0 Å². The number of carbonyl (C=O) groups excluding carboxylic acids is 3. The van der Waals surface area contributed by atoms with E-state index in [0.29, 0.717) is 19.3 Å². The van der Waals surface area contributed by atoms with Crippen molar-refractivity contribution >= 4 is 17.9 Å². The zero-order chi connectivity index (χ0) is 43.7. The fourth-order valence-electron chi connectivity index (χ4n) is 7.71. The largest absolute Gasteiger partial charge is 0.462 e. The molecular formula is C54H100O6. The quantitative estimate of drug-likeness (QED) is 0.0263. The van der Waals surface area contributed by atoms with Crippen molar-refractivity contribution in [1.82, 2.24) is 0 Å². The van der Waals surface area contributed by atoms with Gasteiger partial charge in [0.1, 0.15) is 13.2 Å². The van der Waals surface area contributed by atoms with Gasteiger partial charge >= 0.3 is 17.9 Å². The second-order valence-corrected chi connectivity index (χ2v) is 17.8. The molecule has 1 unspecified atom stereocenters. The van der Waals surface area contributed by atoms with Crippen LogP contribution in [0.1, 0.15) is 284 Å². The lowest BCUT2D eigenvalue weighted by Gasteiger charge is -2.18. The van der Waals surface area contributed by atoms with Crippen molar-refractivity contribution in [3.8, 4) is 0 Å². The van der Waals surface area contributed by atoms with Gasteiger partial charge < -0.3 is 14.2 Å². The lowest BCUT2D eigenvalue weighted by atomic mass is 10.0. The predicted molar refractivity (Wildman–Crippen MR) is 256 cm³/mol. The summed E-state index contributed by atoms with van der Waals surface area (Å²) in [6.07, 6.45) is 56.9. The van der Waals surface area contributed by atoms with Gasteiger partial charge in [0.25, 0.3) is 0 Å². The molecule has 0 bridgehead atoms. The minimum Gasteiger partial charge on any atom is -0.462 e. The molecule has 0 amide bonds. The maximum atomic E-state index is 12.5. The lowest BCUT2D eigenvalue weighted by molar-refractivity contribution is -0.167. The fraction of sp³-hybridized carbons (Fsp3) is 0.870. The zero-order valence-corrected chi connectivity index (χ0v) is 40.2. The topological polar surface area (TPSA) is 78.9 Å². The molecule has 0 heterocycles. The van der Waals surface area contributed by atoms with Crippen LogP contribution < -0.4 is 0 Å². The highest BCUT2D eigenvalue weighted by Crippen LogP contribution is 2.16. The van der Waals surface area contributed by atoms with Crippen LogP contribution in [0.15, 0.2) is 24.3 Å². The molecule has 0 aromatic heterocycles. The van der Waals surface area contributed by atoms with E-state index in [2.05, 4.69) is 45.1 Å². The second-order valence-electron chi connectivity index (χ2n) is 17.8. The minimum atomic E-state index is -0.758. The van der Waals surface area contributed by atoms with Crippen LogP contribution in [0.2, 0.25) is 0 Å². The SMILES string of the molecule is CCCCCCC/C=C\C/C=C\CCCCCCCCCCCCCCCCCCCCCC(=O)OCC(COC(=O)CCCCCCC)OC(=O)CCCCCCCC. The third-order valence-corrected chi connectivity index (χ3v) is 11.7. The van der Waals surface area contributed by atoms with Crippen LogP contribution in [-0.2, 0) is 28.6 Å². The molecule has 0 rings (SSSR count). The average Bonchev–Trinajstić information content (AvgIpc) is 3.24. The van der Waals surface area contributed by atoms with E-state index in [0.717, 1.165) is 70.6 Å². The number of unbranched alkanes of at least 4 members (excludes halogenated alkanes) is 33. The second kappa shape index (κ2) is 49.5. The molecule has 352 valence electrons. The molecule has 0 saturated heterocycles. The first-order valence-electron chi connectivity index (χ1n) is 26.3. The molecule has 60 heavy (non-hydrogen) atoms. The Balaban J connectivity index is 3.76. The van der Waals surface area contributed by atoms with Crippen molar-refractivity contribution in [3.05, 3.63) is 24.3 Å². The van der Waals surface area contributed by atoms with Gasteiger partial charge in [0.2, 0.25) is 0 Å². The Morgan fingerprint density at radius 3 is 0.917 bits per heavy atom. The Morgan fingerprint density at radius 1 is 0.333 bits per heavy atom. The van der Waals surface area contributed by atoms with Crippen LogP contribution in [0.5, 0.6) is 0 Å². The van der Waals surface area contributed by atoms with Gasteiger partial charge in [-0.1, -0.05) is 238 Å². The molecule has 0 aliphatic rings. The third-order valence-electron chi connectivity index (χ3n) is 11.7. The monoisotopic (exact) mass is 845 g/mol. The molecule has 6 heteroatoms. The highest BCUT2D eigenvalue weighted by atomic mass is 16.6. The molecule has 0 N–H and O–H groups in total. The minimum absolute atomic E-state index is 0.0678. The van der Waals surface area contributed by atoms with Crippen molar-refractivity contribution in [1.29, 1.82) is 0 Å². The van der Waals surface area contributed by atoms with E-state index in [4.69, 9.17) is 14.2 Å². The lowest BCUT2D eigenvalue weighted by Crippen LogP contribution is -2.30. The summed E-state index contributed by atoms with van der Waals surface area (Å²) in [6, 6.07) is 0. The molecule has 6 nitrogen and oxygen atoms in total. The van der Waals surface area contributed by atoms with Gasteiger partial charge in [-0.05, 0) is 51.4 Å².